The third-order valence-electron chi connectivity index (χ3n) is 1.83. The highest BCUT2D eigenvalue weighted by Gasteiger charge is 2.27. The lowest BCUT2D eigenvalue weighted by molar-refractivity contribution is -0.388. The third kappa shape index (κ3) is 2.16. The molecule has 0 radical (unpaired) electrons. The number of hydrogen-bond donors (Lipinski definition) is 1. The Hall–Kier alpha value is -1.98. The van der Waals surface area contributed by atoms with Crippen molar-refractivity contribution in [3.63, 3.8) is 0 Å². The van der Waals surface area contributed by atoms with Crippen LogP contribution in [-0.4, -0.2) is 13.3 Å². The molecule has 0 amide bonds. The Morgan fingerprint density at radius 3 is 2.44 bits per heavy atom. The van der Waals surface area contributed by atoms with Crippen molar-refractivity contribution in [3.05, 3.63) is 33.4 Å². The maximum Gasteiger partial charge on any atom is 0.307 e. The summed E-state index contributed by atoms with van der Waals surface area (Å²) in [6, 6.07) is 3.86. The number of benzene rings is 1. The standard InChI is InChI=1S/C8H7N3O4S/c1-5-2-6(4-9)8(11(12)13)7(3-5)16(10,14)15/h2-3H,1H3,(H2,10,14,15). The molecule has 0 aromatic heterocycles. The Balaban J connectivity index is 3.80. The van der Waals surface area contributed by atoms with Crippen molar-refractivity contribution < 1.29 is 13.3 Å². The second kappa shape index (κ2) is 3.88. The topological polar surface area (TPSA) is 127 Å². The molecule has 0 saturated heterocycles. The zero-order valence-electron chi connectivity index (χ0n) is 8.17. The summed E-state index contributed by atoms with van der Waals surface area (Å²) in [6.45, 7) is 1.51. The van der Waals surface area contributed by atoms with Gasteiger partial charge in [-0.1, -0.05) is 0 Å². The molecule has 0 aliphatic rings. The van der Waals surface area contributed by atoms with Crippen LogP contribution in [0.3, 0.4) is 0 Å². The summed E-state index contributed by atoms with van der Waals surface area (Å²) in [5.41, 5.74) is -0.698. The van der Waals surface area contributed by atoms with Crippen molar-refractivity contribution in [2.24, 2.45) is 5.14 Å². The van der Waals surface area contributed by atoms with E-state index in [4.69, 9.17) is 10.4 Å². The first kappa shape index (κ1) is 12.1. The third-order valence-corrected chi connectivity index (χ3v) is 2.75. The predicted molar refractivity (Wildman–Crippen MR) is 53.9 cm³/mol. The van der Waals surface area contributed by atoms with Crippen molar-refractivity contribution in [2.45, 2.75) is 11.8 Å². The minimum atomic E-state index is -4.23. The number of nitro groups is 1. The average Bonchev–Trinajstić information content (AvgIpc) is 2.14. The summed E-state index contributed by atoms with van der Waals surface area (Å²) < 4.78 is 22.3. The van der Waals surface area contributed by atoms with E-state index in [1.54, 1.807) is 6.07 Å². The Morgan fingerprint density at radius 2 is 2.06 bits per heavy atom. The zero-order chi connectivity index (χ0) is 12.5. The largest absolute Gasteiger partial charge is 0.307 e. The quantitative estimate of drug-likeness (QED) is 0.592. The summed E-state index contributed by atoms with van der Waals surface area (Å²) in [5.74, 6) is 0. The van der Waals surface area contributed by atoms with E-state index in [1.165, 1.54) is 13.0 Å². The van der Waals surface area contributed by atoms with E-state index < -0.39 is 25.5 Å². The second-order valence-corrected chi connectivity index (χ2v) is 4.60. The molecule has 0 aliphatic heterocycles. The van der Waals surface area contributed by atoms with E-state index in [0.29, 0.717) is 5.56 Å². The van der Waals surface area contributed by atoms with Crippen LogP contribution in [0.2, 0.25) is 0 Å². The Labute approximate surface area is 91.3 Å². The van der Waals surface area contributed by atoms with Crippen LogP contribution in [0.25, 0.3) is 0 Å². The Morgan fingerprint density at radius 1 is 1.50 bits per heavy atom. The van der Waals surface area contributed by atoms with E-state index >= 15 is 0 Å². The maximum atomic E-state index is 11.1. The van der Waals surface area contributed by atoms with Gasteiger partial charge in [0.05, 0.1) is 4.92 Å². The molecule has 8 heteroatoms. The molecule has 0 atom stereocenters. The predicted octanol–water partition coefficient (Wildman–Crippen LogP) is 0.422. The van der Waals surface area contributed by atoms with E-state index in [1.807, 2.05) is 0 Å². The maximum absolute atomic E-state index is 11.1. The molecule has 0 fully saturated rings. The molecular weight excluding hydrogens is 234 g/mol. The van der Waals surface area contributed by atoms with Crippen LogP contribution in [0.5, 0.6) is 0 Å². The minimum absolute atomic E-state index is 0.325. The monoisotopic (exact) mass is 241 g/mol. The fraction of sp³-hybridized carbons (Fsp3) is 0.125. The zero-order valence-corrected chi connectivity index (χ0v) is 8.98. The molecule has 0 heterocycles. The van der Waals surface area contributed by atoms with Crippen molar-refractivity contribution in [1.82, 2.24) is 0 Å². The van der Waals surface area contributed by atoms with Gasteiger partial charge in [-0.3, -0.25) is 10.1 Å². The fourth-order valence-corrected chi connectivity index (χ4v) is 2.04. The summed E-state index contributed by atoms with van der Waals surface area (Å²) in [7, 11) is -4.23. The molecule has 0 unspecified atom stereocenters. The van der Waals surface area contributed by atoms with Gasteiger partial charge >= 0.3 is 5.69 Å². The molecule has 0 spiro atoms. The van der Waals surface area contributed by atoms with E-state index in [-0.39, 0.29) is 5.56 Å². The summed E-state index contributed by atoms with van der Waals surface area (Å²) >= 11 is 0. The molecule has 2 N–H and O–H groups in total. The molecule has 84 valence electrons. The van der Waals surface area contributed by atoms with Crippen molar-refractivity contribution >= 4 is 15.7 Å². The van der Waals surface area contributed by atoms with Crippen LogP contribution in [0.1, 0.15) is 11.1 Å². The van der Waals surface area contributed by atoms with Crippen LogP contribution in [0, 0.1) is 28.4 Å². The normalized spacial score (nSPS) is 10.8. The van der Waals surface area contributed by atoms with Gasteiger partial charge in [0.2, 0.25) is 10.0 Å². The molecule has 1 aromatic rings. The molecular formula is C8H7N3O4S. The molecule has 7 nitrogen and oxygen atoms in total. The molecule has 0 bridgehead atoms. The van der Waals surface area contributed by atoms with E-state index in [0.717, 1.165) is 6.07 Å². The fourth-order valence-electron chi connectivity index (χ4n) is 1.24. The van der Waals surface area contributed by atoms with Gasteiger partial charge in [-0.2, -0.15) is 5.26 Å². The summed E-state index contributed by atoms with van der Waals surface area (Å²) in [4.78, 5) is 9.12. The Kier molecular flexibility index (Phi) is 2.93. The number of nitro benzene ring substituents is 1. The van der Waals surface area contributed by atoms with Gasteiger partial charge in [-0.05, 0) is 24.6 Å². The first-order valence-electron chi connectivity index (χ1n) is 3.99. The van der Waals surface area contributed by atoms with Gasteiger partial charge in [-0.25, -0.2) is 13.6 Å². The SMILES string of the molecule is Cc1cc(C#N)c([N+](=O)[O-])c(S(N)(=O)=O)c1. The second-order valence-electron chi connectivity index (χ2n) is 3.07. The number of hydrogen-bond acceptors (Lipinski definition) is 5. The first-order valence-corrected chi connectivity index (χ1v) is 5.54. The van der Waals surface area contributed by atoms with Crippen LogP contribution < -0.4 is 5.14 Å². The van der Waals surface area contributed by atoms with E-state index in [2.05, 4.69) is 0 Å². The Bertz CT molecular complexity index is 600. The highest BCUT2D eigenvalue weighted by Crippen LogP contribution is 2.28. The van der Waals surface area contributed by atoms with Gasteiger partial charge in [0.1, 0.15) is 11.6 Å². The number of rotatable bonds is 2. The van der Waals surface area contributed by atoms with Crippen LogP contribution in [0.4, 0.5) is 5.69 Å². The number of nitriles is 1. The minimum Gasteiger partial charge on any atom is -0.258 e. The highest BCUT2D eigenvalue weighted by molar-refractivity contribution is 7.89. The van der Waals surface area contributed by atoms with Gasteiger partial charge in [0.25, 0.3) is 0 Å². The van der Waals surface area contributed by atoms with Crippen LogP contribution in [-0.2, 0) is 10.0 Å². The molecule has 16 heavy (non-hydrogen) atoms. The lowest BCUT2D eigenvalue weighted by atomic mass is 10.1. The first-order chi connectivity index (χ1) is 7.27. The number of primary sulfonamides is 1. The molecule has 0 aliphatic carbocycles. The summed E-state index contributed by atoms with van der Waals surface area (Å²) in [5, 5.41) is 24.2. The van der Waals surface area contributed by atoms with Gasteiger partial charge in [-0.15, -0.1) is 0 Å². The van der Waals surface area contributed by atoms with Crippen molar-refractivity contribution in [1.29, 1.82) is 5.26 Å². The van der Waals surface area contributed by atoms with Crippen LogP contribution >= 0.6 is 0 Å². The highest BCUT2D eigenvalue weighted by atomic mass is 32.2. The van der Waals surface area contributed by atoms with Gasteiger partial charge in [0.15, 0.2) is 4.90 Å². The van der Waals surface area contributed by atoms with Crippen molar-refractivity contribution in [2.75, 3.05) is 0 Å². The van der Waals surface area contributed by atoms with Crippen molar-refractivity contribution in [3.8, 4) is 6.07 Å². The number of nitrogens with two attached hydrogens (primary N) is 1. The number of aryl methyl sites for hydroxylation is 1. The molecule has 0 saturated carbocycles. The van der Waals surface area contributed by atoms with Gasteiger partial charge < -0.3 is 0 Å². The average molecular weight is 241 g/mol. The van der Waals surface area contributed by atoms with Gasteiger partial charge in [0, 0.05) is 0 Å². The number of nitrogens with zero attached hydrogens (tertiary/aromatic N) is 2. The van der Waals surface area contributed by atoms with Crippen LogP contribution in [0.15, 0.2) is 17.0 Å². The molecule has 1 aromatic carbocycles. The number of sulfonamides is 1. The summed E-state index contributed by atoms with van der Waals surface area (Å²) in [6.07, 6.45) is 0. The lowest BCUT2D eigenvalue weighted by Gasteiger charge is -2.03. The lowest BCUT2D eigenvalue weighted by Crippen LogP contribution is -2.15. The molecule has 1 rings (SSSR count). The smallest absolute Gasteiger partial charge is 0.258 e. The van der Waals surface area contributed by atoms with E-state index in [9.17, 15) is 18.5 Å².